The van der Waals surface area contributed by atoms with E-state index >= 15 is 0 Å². The summed E-state index contributed by atoms with van der Waals surface area (Å²) in [5.74, 6) is 0.901. The molecule has 6 heteroatoms. The molecule has 1 N–H and O–H groups in total. The predicted molar refractivity (Wildman–Crippen MR) is 155 cm³/mol. The van der Waals surface area contributed by atoms with Crippen LogP contribution in [0.25, 0.3) is 10.8 Å². The summed E-state index contributed by atoms with van der Waals surface area (Å²) in [6.07, 6.45) is 8.50. The van der Waals surface area contributed by atoms with Crippen LogP contribution in [-0.2, 0) is 19.1 Å². The largest absolute Gasteiger partial charge is 0.486 e. The Morgan fingerprint density at radius 3 is 2.76 bits per heavy atom. The van der Waals surface area contributed by atoms with Crippen molar-refractivity contribution in [3.8, 4) is 5.75 Å². The first-order valence-electron chi connectivity index (χ1n) is 15.3. The van der Waals surface area contributed by atoms with E-state index in [-0.39, 0.29) is 47.4 Å². The van der Waals surface area contributed by atoms with Gasteiger partial charge < -0.3 is 19.3 Å². The molecule has 9 atom stereocenters. The van der Waals surface area contributed by atoms with Crippen LogP contribution in [0, 0.1) is 28.6 Å². The Kier molecular flexibility index (Phi) is 6.35. The van der Waals surface area contributed by atoms with Gasteiger partial charge in [0.05, 0.1) is 12.2 Å². The SMILES string of the molecule is CCC[C@@H]1O[C@@H]2CC3C4CCC5=CC(=O)C=CC5(C)C4C(O)CC3(C)[C@]2(C(=O)COc2ccc3ccccc3c2)O1. The maximum absolute atomic E-state index is 14.4. The number of aliphatic hydroxyl groups excluding tert-OH is 1. The Bertz CT molecular complexity index is 1460. The molecule has 1 saturated heterocycles. The van der Waals surface area contributed by atoms with Crippen LogP contribution in [0.3, 0.4) is 0 Å². The summed E-state index contributed by atoms with van der Waals surface area (Å²) < 4.78 is 19.4. The lowest BCUT2D eigenvalue weighted by atomic mass is 9.46. The Hall–Kier alpha value is -2.80. The summed E-state index contributed by atoms with van der Waals surface area (Å²) in [6.45, 7) is 6.30. The molecule has 6 unspecified atom stereocenters. The van der Waals surface area contributed by atoms with Gasteiger partial charge >= 0.3 is 0 Å². The van der Waals surface area contributed by atoms with E-state index in [1.54, 1.807) is 12.2 Å². The Balaban J connectivity index is 1.21. The van der Waals surface area contributed by atoms with Crippen LogP contribution >= 0.6 is 0 Å². The average Bonchev–Trinajstić information content (AvgIpc) is 3.44. The molecule has 3 saturated carbocycles. The first kappa shape index (κ1) is 27.1. The number of carbonyl (C=O) groups excluding carboxylic acids is 2. The molecule has 4 aliphatic carbocycles. The number of carbonyl (C=O) groups is 2. The second-order valence-corrected chi connectivity index (χ2v) is 13.4. The molecule has 41 heavy (non-hydrogen) atoms. The van der Waals surface area contributed by atoms with Gasteiger partial charge in [0.15, 0.2) is 17.7 Å². The molecule has 6 nitrogen and oxygen atoms in total. The molecule has 7 rings (SSSR count). The van der Waals surface area contributed by atoms with Crippen molar-refractivity contribution in [2.75, 3.05) is 6.61 Å². The second kappa shape index (κ2) is 9.62. The molecule has 0 spiro atoms. The first-order chi connectivity index (χ1) is 19.7. The molecule has 216 valence electrons. The van der Waals surface area contributed by atoms with E-state index in [1.165, 1.54) is 0 Å². The maximum Gasteiger partial charge on any atom is 0.205 e. The van der Waals surface area contributed by atoms with Crippen molar-refractivity contribution in [2.24, 2.45) is 28.6 Å². The second-order valence-electron chi connectivity index (χ2n) is 13.4. The van der Waals surface area contributed by atoms with Gasteiger partial charge in [-0.1, -0.05) is 69.2 Å². The highest BCUT2D eigenvalue weighted by Gasteiger charge is 2.75. The Morgan fingerprint density at radius 2 is 1.95 bits per heavy atom. The maximum atomic E-state index is 14.4. The van der Waals surface area contributed by atoms with Gasteiger partial charge in [-0.2, -0.15) is 0 Å². The molecule has 4 fully saturated rings. The van der Waals surface area contributed by atoms with E-state index in [4.69, 9.17) is 14.2 Å². The minimum Gasteiger partial charge on any atom is -0.486 e. The molecular formula is C35H40O6. The van der Waals surface area contributed by atoms with Crippen LogP contribution in [0.2, 0.25) is 0 Å². The highest BCUT2D eigenvalue weighted by Crippen LogP contribution is 2.69. The zero-order valence-corrected chi connectivity index (χ0v) is 24.2. The van der Waals surface area contributed by atoms with Crippen molar-refractivity contribution < 1.29 is 28.9 Å². The van der Waals surface area contributed by atoms with Crippen LogP contribution in [0.4, 0.5) is 0 Å². The van der Waals surface area contributed by atoms with Crippen LogP contribution < -0.4 is 4.74 Å². The lowest BCUT2D eigenvalue weighted by molar-refractivity contribution is -0.200. The van der Waals surface area contributed by atoms with Crippen molar-refractivity contribution >= 4 is 22.3 Å². The fraction of sp³-hybridized carbons (Fsp3) is 0.543. The lowest BCUT2D eigenvalue weighted by Crippen LogP contribution is -2.63. The van der Waals surface area contributed by atoms with Crippen LogP contribution in [-0.4, -0.2) is 47.4 Å². The van der Waals surface area contributed by atoms with E-state index in [0.29, 0.717) is 12.2 Å². The molecule has 2 aromatic rings. The average molecular weight is 557 g/mol. The van der Waals surface area contributed by atoms with Crippen molar-refractivity contribution in [1.29, 1.82) is 0 Å². The third-order valence-electron chi connectivity index (χ3n) is 11.3. The van der Waals surface area contributed by atoms with Crippen molar-refractivity contribution in [2.45, 2.75) is 83.4 Å². The topological polar surface area (TPSA) is 82.1 Å². The van der Waals surface area contributed by atoms with Gasteiger partial charge in [-0.15, -0.1) is 0 Å². The zero-order chi connectivity index (χ0) is 28.6. The van der Waals surface area contributed by atoms with E-state index in [9.17, 15) is 14.7 Å². The highest BCUT2D eigenvalue weighted by molar-refractivity contribution is 6.01. The van der Waals surface area contributed by atoms with E-state index in [0.717, 1.165) is 48.4 Å². The van der Waals surface area contributed by atoms with Gasteiger partial charge in [-0.25, -0.2) is 0 Å². The third kappa shape index (κ3) is 3.87. The normalized spacial score (nSPS) is 40.9. The molecule has 0 radical (unpaired) electrons. The molecule has 1 heterocycles. The number of benzene rings is 2. The van der Waals surface area contributed by atoms with Gasteiger partial charge in [-0.05, 0) is 79.0 Å². The van der Waals surface area contributed by atoms with Gasteiger partial charge in [0, 0.05) is 16.7 Å². The number of rotatable bonds is 6. The summed E-state index contributed by atoms with van der Waals surface area (Å²) in [5.41, 5.74) is -1.01. The van der Waals surface area contributed by atoms with E-state index in [1.807, 2.05) is 42.5 Å². The summed E-state index contributed by atoms with van der Waals surface area (Å²) >= 11 is 0. The van der Waals surface area contributed by atoms with Crippen molar-refractivity contribution in [3.05, 3.63) is 66.3 Å². The zero-order valence-electron chi connectivity index (χ0n) is 24.2. The lowest BCUT2D eigenvalue weighted by Gasteiger charge is -2.59. The van der Waals surface area contributed by atoms with Gasteiger partial charge in [0.2, 0.25) is 5.78 Å². The third-order valence-corrected chi connectivity index (χ3v) is 11.3. The highest BCUT2D eigenvalue weighted by atomic mass is 16.7. The van der Waals surface area contributed by atoms with Crippen molar-refractivity contribution in [1.82, 2.24) is 0 Å². The molecular weight excluding hydrogens is 516 g/mol. The molecule has 1 aliphatic heterocycles. The molecule has 5 aliphatic rings. The standard InChI is InChI=1S/C35H40O6/c1-4-7-31-40-30-18-27-26-13-11-23-17-24(36)14-15-33(23,2)32(26)28(37)19-34(27,3)35(30,41-31)29(38)20-39-25-12-10-21-8-5-6-9-22(21)16-25/h5-6,8-10,12,14-17,26-28,30-32,37H,4,7,11,13,18-20H2,1-3H3/t26?,27?,28?,30-,31-,32?,33?,34?,35-/m1/s1. The molecule has 2 aromatic carbocycles. The van der Waals surface area contributed by atoms with Gasteiger partial charge in [0.1, 0.15) is 12.4 Å². The minimum absolute atomic E-state index is 0.0174. The quantitative estimate of drug-likeness (QED) is 0.473. The Labute approximate surface area is 241 Å². The number of aliphatic hydroxyl groups is 1. The van der Waals surface area contributed by atoms with Crippen LogP contribution in [0.15, 0.2) is 66.3 Å². The fourth-order valence-corrected chi connectivity index (χ4v) is 9.52. The number of ketones is 2. The number of fused-ring (bicyclic) bond motifs is 8. The van der Waals surface area contributed by atoms with Crippen molar-refractivity contribution in [3.63, 3.8) is 0 Å². The van der Waals surface area contributed by atoms with Gasteiger partial charge in [0.25, 0.3) is 0 Å². The predicted octanol–water partition coefficient (Wildman–Crippen LogP) is 5.96. The van der Waals surface area contributed by atoms with Gasteiger partial charge in [-0.3, -0.25) is 9.59 Å². The number of hydrogen-bond donors (Lipinski definition) is 1. The summed E-state index contributed by atoms with van der Waals surface area (Å²) in [7, 11) is 0. The number of allylic oxidation sites excluding steroid dienone is 4. The molecule has 0 aromatic heterocycles. The number of ether oxygens (including phenoxy) is 3. The summed E-state index contributed by atoms with van der Waals surface area (Å²) in [6, 6.07) is 14.0. The Morgan fingerprint density at radius 1 is 1.15 bits per heavy atom. The van der Waals surface area contributed by atoms with E-state index in [2.05, 4.69) is 26.8 Å². The monoisotopic (exact) mass is 556 g/mol. The number of Topliss-reactive ketones (excluding diaryl/α,β-unsaturated/α-hetero) is 1. The van der Waals surface area contributed by atoms with Crippen LogP contribution in [0.5, 0.6) is 5.75 Å². The first-order valence-corrected chi connectivity index (χ1v) is 15.3. The molecule has 0 amide bonds. The van der Waals surface area contributed by atoms with E-state index < -0.39 is 23.4 Å². The summed E-state index contributed by atoms with van der Waals surface area (Å²) in [4.78, 5) is 26.6. The molecule has 0 bridgehead atoms. The fourth-order valence-electron chi connectivity index (χ4n) is 9.52. The summed E-state index contributed by atoms with van der Waals surface area (Å²) in [5, 5.41) is 14.1. The smallest absolute Gasteiger partial charge is 0.205 e. The van der Waals surface area contributed by atoms with Crippen LogP contribution in [0.1, 0.15) is 59.3 Å². The minimum atomic E-state index is -1.17. The number of hydrogen-bond acceptors (Lipinski definition) is 6.